The molecule has 0 radical (unpaired) electrons. The van der Waals surface area contributed by atoms with Crippen LogP contribution in [-0.4, -0.2) is 29.6 Å². The summed E-state index contributed by atoms with van der Waals surface area (Å²) in [5.74, 6) is 5.91. The van der Waals surface area contributed by atoms with E-state index in [4.69, 9.17) is 5.84 Å². The minimum atomic E-state index is 0.131. The Morgan fingerprint density at radius 1 is 1.40 bits per heavy atom. The molecule has 1 aromatic rings. The lowest BCUT2D eigenvalue weighted by Gasteiger charge is -2.47. The second-order valence-corrected chi connectivity index (χ2v) is 8.44. The number of hydrogen-bond acceptors (Lipinski definition) is 4. The third kappa shape index (κ3) is 3.63. The van der Waals surface area contributed by atoms with E-state index in [1.54, 1.807) is 0 Å². The first kappa shape index (κ1) is 16.4. The lowest BCUT2D eigenvalue weighted by atomic mass is 9.84. The first-order chi connectivity index (χ1) is 9.60. The highest BCUT2D eigenvalue weighted by Gasteiger charge is 2.38. The zero-order chi connectivity index (χ0) is 14.6. The number of halogens is 1. The molecule has 2 heterocycles. The number of hydrazine groups is 1. The Morgan fingerprint density at radius 2 is 2.10 bits per heavy atom. The topological polar surface area (TPSA) is 41.3 Å². The molecule has 2 atom stereocenters. The van der Waals surface area contributed by atoms with Crippen LogP contribution in [0.2, 0.25) is 0 Å². The van der Waals surface area contributed by atoms with E-state index in [9.17, 15) is 0 Å². The molecule has 1 aromatic heterocycles. The van der Waals surface area contributed by atoms with Gasteiger partial charge in [0.15, 0.2) is 0 Å². The fourth-order valence-electron chi connectivity index (χ4n) is 3.22. The molecule has 0 saturated carbocycles. The maximum Gasteiger partial charge on any atom is 0.0701 e. The molecule has 2 rings (SSSR count). The van der Waals surface area contributed by atoms with E-state index in [2.05, 4.69) is 52.2 Å². The predicted octanol–water partition coefficient (Wildman–Crippen LogP) is 3.54. The third-order valence-corrected chi connectivity index (χ3v) is 6.43. The van der Waals surface area contributed by atoms with Gasteiger partial charge in [-0.15, -0.1) is 11.3 Å². The van der Waals surface area contributed by atoms with Crippen LogP contribution < -0.4 is 11.3 Å². The summed E-state index contributed by atoms with van der Waals surface area (Å²) in [4.78, 5) is 4.03. The highest BCUT2D eigenvalue weighted by atomic mass is 79.9. The van der Waals surface area contributed by atoms with E-state index >= 15 is 0 Å². The SMILES string of the molecule is CCC(C)(C(Cc1ccc(Br)s1)NN)N1CCCCC1. The number of rotatable bonds is 6. The van der Waals surface area contributed by atoms with Crippen molar-refractivity contribution in [3.05, 3.63) is 20.8 Å². The van der Waals surface area contributed by atoms with Crippen LogP contribution in [0.3, 0.4) is 0 Å². The van der Waals surface area contributed by atoms with E-state index < -0.39 is 0 Å². The second kappa shape index (κ2) is 7.36. The largest absolute Gasteiger partial charge is 0.296 e. The number of nitrogens with two attached hydrogens (primary N) is 1. The van der Waals surface area contributed by atoms with Crippen molar-refractivity contribution in [3.63, 3.8) is 0 Å². The number of thiophene rings is 1. The number of likely N-dealkylation sites (tertiary alicyclic amines) is 1. The van der Waals surface area contributed by atoms with Gasteiger partial charge in [-0.25, -0.2) is 0 Å². The normalized spacial score (nSPS) is 21.6. The van der Waals surface area contributed by atoms with Crippen molar-refractivity contribution in [2.24, 2.45) is 5.84 Å². The second-order valence-electron chi connectivity index (χ2n) is 5.89. The van der Waals surface area contributed by atoms with Crippen LogP contribution in [0.1, 0.15) is 44.4 Å². The molecule has 0 spiro atoms. The zero-order valence-electron chi connectivity index (χ0n) is 12.5. The summed E-state index contributed by atoms with van der Waals surface area (Å²) in [7, 11) is 0. The van der Waals surface area contributed by atoms with Gasteiger partial charge >= 0.3 is 0 Å². The van der Waals surface area contributed by atoms with Crippen molar-refractivity contribution in [3.8, 4) is 0 Å². The molecule has 0 amide bonds. The summed E-state index contributed by atoms with van der Waals surface area (Å²) >= 11 is 5.35. The lowest BCUT2D eigenvalue weighted by Crippen LogP contribution is -2.62. The Labute approximate surface area is 135 Å². The van der Waals surface area contributed by atoms with Crippen molar-refractivity contribution in [2.45, 2.75) is 57.5 Å². The molecule has 1 saturated heterocycles. The number of piperidine rings is 1. The average molecular weight is 360 g/mol. The summed E-state index contributed by atoms with van der Waals surface area (Å²) in [5.41, 5.74) is 3.23. The molecule has 5 heteroatoms. The summed E-state index contributed by atoms with van der Waals surface area (Å²) in [6.45, 7) is 7.06. The van der Waals surface area contributed by atoms with Gasteiger partial charge in [-0.2, -0.15) is 0 Å². The molecular weight excluding hydrogens is 334 g/mol. The summed E-state index contributed by atoms with van der Waals surface area (Å²) in [6.07, 6.45) is 6.12. The van der Waals surface area contributed by atoms with Crippen molar-refractivity contribution >= 4 is 27.3 Å². The number of nitrogens with zero attached hydrogens (tertiary/aromatic N) is 1. The van der Waals surface area contributed by atoms with Crippen LogP contribution >= 0.6 is 27.3 Å². The Morgan fingerprint density at radius 3 is 2.60 bits per heavy atom. The third-order valence-electron chi connectivity index (χ3n) is 4.78. The monoisotopic (exact) mass is 359 g/mol. The fraction of sp³-hybridized carbons (Fsp3) is 0.733. The molecule has 3 N–H and O–H groups in total. The number of nitrogens with one attached hydrogen (secondary N) is 1. The molecule has 20 heavy (non-hydrogen) atoms. The first-order valence-electron chi connectivity index (χ1n) is 7.55. The molecule has 0 aliphatic carbocycles. The highest BCUT2D eigenvalue weighted by molar-refractivity contribution is 9.11. The average Bonchev–Trinajstić information content (AvgIpc) is 2.90. The minimum Gasteiger partial charge on any atom is -0.296 e. The fourth-order valence-corrected chi connectivity index (χ4v) is 4.74. The Kier molecular flexibility index (Phi) is 6.05. The molecule has 1 aliphatic heterocycles. The summed E-state index contributed by atoms with van der Waals surface area (Å²) < 4.78 is 1.19. The maximum absolute atomic E-state index is 5.91. The first-order valence-corrected chi connectivity index (χ1v) is 9.16. The smallest absolute Gasteiger partial charge is 0.0701 e. The molecule has 1 aliphatic rings. The molecular formula is C15H26BrN3S. The van der Waals surface area contributed by atoms with E-state index in [-0.39, 0.29) is 11.6 Å². The minimum absolute atomic E-state index is 0.131. The molecule has 0 bridgehead atoms. The van der Waals surface area contributed by atoms with Gasteiger partial charge in [-0.3, -0.25) is 16.2 Å². The van der Waals surface area contributed by atoms with Crippen molar-refractivity contribution in [1.82, 2.24) is 10.3 Å². The van der Waals surface area contributed by atoms with E-state index in [0.717, 1.165) is 12.8 Å². The molecule has 1 fully saturated rings. The summed E-state index contributed by atoms with van der Waals surface area (Å²) in [6, 6.07) is 4.61. The standard InChI is InChI=1S/C15H26BrN3S/c1-3-15(2,19-9-5-4-6-10-19)13(18-17)11-12-7-8-14(16)20-12/h7-8,13,18H,3-6,9-11,17H2,1-2H3. The molecule has 114 valence electrons. The summed E-state index contributed by atoms with van der Waals surface area (Å²) in [5, 5.41) is 0. The molecule has 3 nitrogen and oxygen atoms in total. The van der Waals surface area contributed by atoms with Crippen LogP contribution in [0.5, 0.6) is 0 Å². The van der Waals surface area contributed by atoms with Crippen LogP contribution in [0, 0.1) is 0 Å². The van der Waals surface area contributed by atoms with Gasteiger partial charge in [0.25, 0.3) is 0 Å². The maximum atomic E-state index is 5.91. The van der Waals surface area contributed by atoms with Crippen molar-refractivity contribution in [1.29, 1.82) is 0 Å². The quantitative estimate of drug-likeness (QED) is 0.602. The van der Waals surface area contributed by atoms with Crippen molar-refractivity contribution < 1.29 is 0 Å². The van der Waals surface area contributed by atoms with Crippen LogP contribution in [0.15, 0.2) is 15.9 Å². The van der Waals surface area contributed by atoms with Gasteiger partial charge in [0.05, 0.1) is 3.79 Å². The van der Waals surface area contributed by atoms with Gasteiger partial charge in [-0.05, 0) is 67.3 Å². The molecule has 0 aromatic carbocycles. The number of hydrogen-bond donors (Lipinski definition) is 2. The van der Waals surface area contributed by atoms with Crippen molar-refractivity contribution in [2.75, 3.05) is 13.1 Å². The zero-order valence-corrected chi connectivity index (χ0v) is 14.9. The van der Waals surface area contributed by atoms with Crippen LogP contribution in [-0.2, 0) is 6.42 Å². The van der Waals surface area contributed by atoms with Gasteiger partial charge < -0.3 is 0 Å². The Hall–Kier alpha value is 0.0600. The predicted molar refractivity (Wildman–Crippen MR) is 91.0 cm³/mol. The molecule has 2 unspecified atom stereocenters. The van der Waals surface area contributed by atoms with E-state index in [0.29, 0.717) is 0 Å². The van der Waals surface area contributed by atoms with Crippen LogP contribution in [0.25, 0.3) is 0 Å². The van der Waals surface area contributed by atoms with Crippen LogP contribution in [0.4, 0.5) is 0 Å². The Balaban J connectivity index is 2.12. The van der Waals surface area contributed by atoms with E-state index in [1.807, 2.05) is 11.3 Å². The van der Waals surface area contributed by atoms with Gasteiger partial charge in [-0.1, -0.05) is 13.3 Å². The van der Waals surface area contributed by atoms with Gasteiger partial charge in [0.2, 0.25) is 0 Å². The van der Waals surface area contributed by atoms with Gasteiger partial charge in [0, 0.05) is 22.9 Å². The Bertz CT molecular complexity index is 417. The highest BCUT2D eigenvalue weighted by Crippen LogP contribution is 2.31. The lowest BCUT2D eigenvalue weighted by molar-refractivity contribution is 0.0432. The van der Waals surface area contributed by atoms with Gasteiger partial charge in [0.1, 0.15) is 0 Å². The van der Waals surface area contributed by atoms with E-state index in [1.165, 1.54) is 41.0 Å².